The molecule has 24 heavy (non-hydrogen) atoms. The molecule has 13 heteroatoms. The lowest BCUT2D eigenvalue weighted by Gasteiger charge is -2.16. The highest BCUT2D eigenvalue weighted by Crippen LogP contribution is 2.28. The molecule has 2 heterocycles. The molecule has 1 aromatic heterocycles. The average molecular weight is 355 g/mol. The van der Waals surface area contributed by atoms with Crippen molar-refractivity contribution in [1.29, 1.82) is 0 Å². The van der Waals surface area contributed by atoms with Crippen LogP contribution >= 0.6 is 0 Å². The number of H-pyrrole nitrogens is 1. The van der Waals surface area contributed by atoms with Gasteiger partial charge < -0.3 is 14.9 Å². The molecular weight excluding hydrogens is 343 g/mol. The van der Waals surface area contributed by atoms with Crippen molar-refractivity contribution in [3.63, 3.8) is 0 Å². The molecule has 10 nitrogen and oxygen atoms in total. The zero-order chi connectivity index (χ0) is 18.1. The van der Waals surface area contributed by atoms with Crippen LogP contribution in [0, 0.1) is 0 Å². The molecule has 0 saturated carbocycles. The molecule has 1 amide bonds. The fourth-order valence-electron chi connectivity index (χ4n) is 1.97. The molecular formula is C11H12F3N3O7. The summed E-state index contributed by atoms with van der Waals surface area (Å²) < 4.78 is 41.8. The Morgan fingerprint density at radius 2 is 2.04 bits per heavy atom. The number of hydrogen-bond acceptors (Lipinski definition) is 7. The molecule has 1 aliphatic heterocycles. The molecule has 1 aromatic rings. The van der Waals surface area contributed by atoms with Crippen molar-refractivity contribution in [2.45, 2.75) is 30.7 Å². The number of carbonyl (C=O) groups is 1. The highest BCUT2D eigenvalue weighted by atomic mass is 19.4. The lowest BCUT2D eigenvalue weighted by molar-refractivity contribution is -0.189. The summed E-state index contributed by atoms with van der Waals surface area (Å²) in [7, 11) is 0. The quantitative estimate of drug-likeness (QED) is 0.448. The second kappa shape index (κ2) is 6.72. The van der Waals surface area contributed by atoms with E-state index < -0.39 is 54.5 Å². The van der Waals surface area contributed by atoms with Crippen LogP contribution in [0.15, 0.2) is 21.9 Å². The summed E-state index contributed by atoms with van der Waals surface area (Å²) in [6.07, 6.45) is -10.1. The van der Waals surface area contributed by atoms with Gasteiger partial charge in [-0.15, -0.1) is 0 Å². The lowest BCUT2D eigenvalue weighted by Crippen LogP contribution is -2.40. The van der Waals surface area contributed by atoms with E-state index in [1.807, 2.05) is 4.98 Å². The molecule has 1 saturated heterocycles. The third-order valence-corrected chi connectivity index (χ3v) is 3.13. The number of ether oxygens (including phenoxy) is 1. The monoisotopic (exact) mass is 355 g/mol. The minimum Gasteiger partial charge on any atom is -0.387 e. The Bertz CT molecular complexity index is 716. The molecule has 0 aliphatic carbocycles. The van der Waals surface area contributed by atoms with Gasteiger partial charge >= 0.3 is 17.8 Å². The predicted molar refractivity (Wildman–Crippen MR) is 67.4 cm³/mol. The molecule has 4 atom stereocenters. The van der Waals surface area contributed by atoms with Gasteiger partial charge in [-0.3, -0.25) is 24.0 Å². The summed E-state index contributed by atoms with van der Waals surface area (Å²) >= 11 is 0. The fraction of sp³-hybridized carbons (Fsp3) is 0.545. The third-order valence-electron chi connectivity index (χ3n) is 3.13. The number of hydroxylamine groups is 1. The lowest BCUT2D eigenvalue weighted by atomic mass is 10.1. The van der Waals surface area contributed by atoms with E-state index in [-0.39, 0.29) is 0 Å². The van der Waals surface area contributed by atoms with E-state index in [1.165, 1.54) is 0 Å². The maximum atomic E-state index is 12.0. The van der Waals surface area contributed by atoms with Crippen molar-refractivity contribution in [2.75, 3.05) is 6.61 Å². The highest BCUT2D eigenvalue weighted by Gasteiger charge is 2.45. The van der Waals surface area contributed by atoms with Crippen LogP contribution in [-0.4, -0.2) is 56.8 Å². The van der Waals surface area contributed by atoms with Gasteiger partial charge in [0.2, 0.25) is 0 Å². The number of nitrogens with zero attached hydrogens (tertiary/aromatic N) is 1. The van der Waals surface area contributed by atoms with Crippen molar-refractivity contribution in [3.05, 3.63) is 33.1 Å². The highest BCUT2D eigenvalue weighted by molar-refractivity contribution is 5.80. The predicted octanol–water partition coefficient (Wildman–Crippen LogP) is -2.23. The second-order valence-corrected chi connectivity index (χ2v) is 4.80. The van der Waals surface area contributed by atoms with Crippen LogP contribution in [-0.2, 0) is 14.4 Å². The van der Waals surface area contributed by atoms with E-state index in [0.717, 1.165) is 22.3 Å². The first-order valence-electron chi connectivity index (χ1n) is 6.43. The minimum atomic E-state index is -5.15. The number of alkyl halides is 3. The normalized spacial score (nSPS) is 27.2. The van der Waals surface area contributed by atoms with Crippen LogP contribution in [0.4, 0.5) is 13.2 Å². The molecule has 2 rings (SSSR count). The molecule has 1 aliphatic rings. The van der Waals surface area contributed by atoms with Crippen LogP contribution in [0.1, 0.15) is 6.23 Å². The van der Waals surface area contributed by atoms with Gasteiger partial charge in [0.15, 0.2) is 6.23 Å². The van der Waals surface area contributed by atoms with Crippen molar-refractivity contribution in [1.82, 2.24) is 15.0 Å². The van der Waals surface area contributed by atoms with E-state index in [9.17, 15) is 37.8 Å². The van der Waals surface area contributed by atoms with Crippen molar-refractivity contribution < 1.29 is 37.8 Å². The van der Waals surface area contributed by atoms with E-state index >= 15 is 0 Å². The maximum absolute atomic E-state index is 12.0. The number of aromatic amines is 1. The zero-order valence-corrected chi connectivity index (χ0v) is 11.7. The molecule has 134 valence electrons. The molecule has 0 radical (unpaired) electrons. The second-order valence-electron chi connectivity index (χ2n) is 4.80. The van der Waals surface area contributed by atoms with Crippen molar-refractivity contribution in [3.8, 4) is 0 Å². The van der Waals surface area contributed by atoms with E-state index in [1.54, 1.807) is 0 Å². The van der Waals surface area contributed by atoms with E-state index in [2.05, 4.69) is 4.84 Å². The Morgan fingerprint density at radius 3 is 2.62 bits per heavy atom. The van der Waals surface area contributed by atoms with Crippen LogP contribution in [0.5, 0.6) is 0 Å². The summed E-state index contributed by atoms with van der Waals surface area (Å²) in [6.45, 7) is -0.728. The number of rotatable bonds is 4. The Labute approximate surface area is 130 Å². The number of amides is 1. The Kier molecular flexibility index (Phi) is 5.08. The number of halogens is 3. The Balaban J connectivity index is 2.01. The fourth-order valence-corrected chi connectivity index (χ4v) is 1.97. The third kappa shape index (κ3) is 3.81. The van der Waals surface area contributed by atoms with E-state index in [4.69, 9.17) is 4.74 Å². The minimum absolute atomic E-state index is 0.695. The number of aliphatic hydroxyl groups is 2. The number of aromatic nitrogens is 2. The Hall–Kier alpha value is -2.22. The van der Waals surface area contributed by atoms with Gasteiger partial charge in [0.1, 0.15) is 24.9 Å². The number of nitrogens with one attached hydrogen (secondary N) is 2. The standard InChI is InChI=1S/C11H12F3N3O7/c12-11(13,14)9(21)16-23-3-4-6(19)7(20)8(24-4)17-2-1-5(18)15-10(17)22/h1-2,4,6-8,19-20H,3H2,(H,16,21)(H,15,18,22)/t4-,6-,7-,8-/m1/s1. The molecule has 4 N–H and O–H groups in total. The van der Waals surface area contributed by atoms with Crippen molar-refractivity contribution in [2.24, 2.45) is 0 Å². The topological polar surface area (TPSA) is 143 Å². The smallest absolute Gasteiger partial charge is 0.387 e. The molecule has 0 bridgehead atoms. The Morgan fingerprint density at radius 1 is 1.38 bits per heavy atom. The van der Waals surface area contributed by atoms with Crippen LogP contribution in [0.25, 0.3) is 0 Å². The summed E-state index contributed by atoms with van der Waals surface area (Å²) in [5, 5.41) is 19.6. The summed E-state index contributed by atoms with van der Waals surface area (Å²) in [5.74, 6) is -2.36. The maximum Gasteiger partial charge on any atom is 0.473 e. The first-order valence-corrected chi connectivity index (χ1v) is 6.43. The SMILES string of the molecule is O=C(NOC[C@H]1O[C@@H](n2ccc(=O)[nH]c2=O)[C@H](O)[C@@H]1O)C(F)(F)F. The van der Waals surface area contributed by atoms with Gasteiger partial charge in [0.05, 0.1) is 0 Å². The van der Waals surface area contributed by atoms with Gasteiger partial charge in [-0.2, -0.15) is 13.2 Å². The van der Waals surface area contributed by atoms with Gasteiger partial charge in [-0.25, -0.2) is 10.3 Å². The molecule has 0 aromatic carbocycles. The number of carbonyl (C=O) groups excluding carboxylic acids is 1. The van der Waals surface area contributed by atoms with Gasteiger partial charge in [-0.05, 0) is 0 Å². The van der Waals surface area contributed by atoms with Gasteiger partial charge in [0, 0.05) is 12.3 Å². The summed E-state index contributed by atoms with van der Waals surface area (Å²) in [4.78, 5) is 39.4. The number of hydrogen-bond donors (Lipinski definition) is 4. The largest absolute Gasteiger partial charge is 0.473 e. The summed E-state index contributed by atoms with van der Waals surface area (Å²) in [6, 6.07) is 0.969. The van der Waals surface area contributed by atoms with Gasteiger partial charge in [0.25, 0.3) is 5.56 Å². The van der Waals surface area contributed by atoms with Crippen LogP contribution in [0.2, 0.25) is 0 Å². The van der Waals surface area contributed by atoms with E-state index in [0.29, 0.717) is 0 Å². The summed E-state index contributed by atoms with van der Waals surface area (Å²) in [5.41, 5.74) is -0.515. The first kappa shape index (κ1) is 18.1. The number of aliphatic hydroxyl groups excluding tert-OH is 2. The molecule has 1 fully saturated rings. The van der Waals surface area contributed by atoms with Crippen LogP contribution in [0.3, 0.4) is 0 Å². The molecule has 0 spiro atoms. The molecule has 0 unspecified atom stereocenters. The van der Waals surface area contributed by atoms with Crippen molar-refractivity contribution >= 4 is 5.91 Å². The first-order chi connectivity index (χ1) is 11.1. The van der Waals surface area contributed by atoms with Crippen LogP contribution < -0.4 is 16.7 Å². The average Bonchev–Trinajstić information content (AvgIpc) is 2.75. The zero-order valence-electron chi connectivity index (χ0n) is 11.7. The van der Waals surface area contributed by atoms with Gasteiger partial charge in [-0.1, -0.05) is 0 Å².